The summed E-state index contributed by atoms with van der Waals surface area (Å²) in [6.45, 7) is 0. The van der Waals surface area contributed by atoms with Crippen LogP contribution < -0.4 is 0 Å². The number of nitrogens with zero attached hydrogens (tertiary/aromatic N) is 2. The zero-order valence-electron chi connectivity index (χ0n) is 33.5. The Labute approximate surface area is 358 Å². The molecule has 0 aliphatic heterocycles. The Morgan fingerprint density at radius 3 is 1.10 bits per heavy atom. The van der Waals surface area contributed by atoms with Gasteiger partial charge in [0.2, 0.25) is 0 Å². The number of aromatic nitrogens is 2. The van der Waals surface area contributed by atoms with E-state index in [9.17, 15) is 0 Å². The molecule has 0 saturated heterocycles. The van der Waals surface area contributed by atoms with Crippen LogP contribution in [0, 0.1) is 0 Å². The van der Waals surface area contributed by atoms with Crippen molar-refractivity contribution < 1.29 is 8.83 Å². The fraction of sp³-hybridized carbons (Fsp3) is 0. The first-order valence-electron chi connectivity index (χ1n) is 20.9. The van der Waals surface area contributed by atoms with Crippen LogP contribution in [0.3, 0.4) is 0 Å². The lowest BCUT2D eigenvalue weighted by molar-refractivity contribution is 0.669. The summed E-state index contributed by atoms with van der Waals surface area (Å²) in [5.41, 5.74) is 16.5. The van der Waals surface area contributed by atoms with Crippen LogP contribution in [0.2, 0.25) is 0 Å². The maximum Gasteiger partial charge on any atom is 0.160 e. The number of hydrogen-bond donors (Lipinski definition) is 0. The summed E-state index contributed by atoms with van der Waals surface area (Å²) < 4.78 is 13.2. The highest BCUT2D eigenvalue weighted by atomic mass is 16.3. The third kappa shape index (κ3) is 6.25. The van der Waals surface area contributed by atoms with Gasteiger partial charge in [-0.1, -0.05) is 164 Å². The van der Waals surface area contributed by atoms with Crippen LogP contribution in [0.25, 0.3) is 122 Å². The van der Waals surface area contributed by atoms with Gasteiger partial charge in [0.25, 0.3) is 0 Å². The van der Waals surface area contributed by atoms with Crippen LogP contribution in [0.5, 0.6) is 0 Å². The predicted molar refractivity (Wildman–Crippen MR) is 255 cm³/mol. The van der Waals surface area contributed by atoms with Crippen molar-refractivity contribution in [3.05, 3.63) is 218 Å². The maximum atomic E-state index is 6.59. The van der Waals surface area contributed by atoms with E-state index in [0.717, 1.165) is 116 Å². The second kappa shape index (κ2) is 14.7. The van der Waals surface area contributed by atoms with Crippen molar-refractivity contribution in [3.8, 4) is 78.4 Å². The van der Waals surface area contributed by atoms with E-state index in [4.69, 9.17) is 18.8 Å². The molecule has 12 rings (SSSR count). The van der Waals surface area contributed by atoms with E-state index in [1.807, 2.05) is 42.5 Å². The van der Waals surface area contributed by atoms with E-state index >= 15 is 0 Å². The van der Waals surface area contributed by atoms with Gasteiger partial charge in [-0.05, 0) is 88.0 Å². The number of benzene rings is 9. The monoisotopic (exact) mass is 792 g/mol. The average molecular weight is 793 g/mol. The highest BCUT2D eigenvalue weighted by molar-refractivity contribution is 6.11. The SMILES string of the molecule is c1ccc(-c2cc(-c3cc(-c4cc(-c5ccccc5)cc(-c5cccc6c5oc5ccccc56)c4)nc(-c4ccccc4)n3)cc(-c3cccc4c3oc3ccccc34)c2)cc1. The summed E-state index contributed by atoms with van der Waals surface area (Å²) in [4.78, 5) is 10.7. The highest BCUT2D eigenvalue weighted by Gasteiger charge is 2.19. The second-order valence-corrected chi connectivity index (χ2v) is 15.7. The molecule has 0 atom stereocenters. The lowest BCUT2D eigenvalue weighted by Crippen LogP contribution is -1.97. The van der Waals surface area contributed by atoms with Gasteiger partial charge in [0, 0.05) is 49.4 Å². The van der Waals surface area contributed by atoms with E-state index in [2.05, 4.69) is 176 Å². The van der Waals surface area contributed by atoms with Gasteiger partial charge in [-0.2, -0.15) is 0 Å². The van der Waals surface area contributed by atoms with Crippen LogP contribution in [0.4, 0.5) is 0 Å². The standard InChI is InChI=1S/C58H36N2O2/c1-4-16-37(17-5-1)40-30-42(46-24-14-26-50-48-22-10-12-28-54(48)61-56(46)50)34-44(32-40)52-36-53(60-58(59-52)39-20-8-3-9-21-39)45-33-41(38-18-6-2-7-19-38)31-43(35-45)47-25-15-27-51-49-23-11-13-29-55(49)62-57(47)51/h1-36H. The Kier molecular flexibility index (Phi) is 8.46. The number of fused-ring (bicyclic) bond motifs is 6. The second-order valence-electron chi connectivity index (χ2n) is 15.7. The number of hydrogen-bond acceptors (Lipinski definition) is 4. The van der Waals surface area contributed by atoms with Crippen LogP contribution >= 0.6 is 0 Å². The number of furan rings is 2. The first-order chi connectivity index (χ1) is 30.7. The van der Waals surface area contributed by atoms with Crippen LogP contribution in [-0.4, -0.2) is 9.97 Å². The maximum absolute atomic E-state index is 6.59. The zero-order chi connectivity index (χ0) is 41.0. The Bertz CT molecular complexity index is 3410. The van der Waals surface area contributed by atoms with Crippen molar-refractivity contribution in [1.29, 1.82) is 0 Å². The summed E-state index contributed by atoms with van der Waals surface area (Å²) in [5.74, 6) is 0.648. The molecule has 9 aromatic carbocycles. The van der Waals surface area contributed by atoms with Gasteiger partial charge in [-0.25, -0.2) is 9.97 Å². The minimum atomic E-state index is 0.648. The van der Waals surface area contributed by atoms with Gasteiger partial charge >= 0.3 is 0 Å². The molecular weight excluding hydrogens is 757 g/mol. The topological polar surface area (TPSA) is 52.1 Å². The number of rotatable bonds is 7. The highest BCUT2D eigenvalue weighted by Crippen LogP contribution is 2.42. The first kappa shape index (κ1) is 35.6. The zero-order valence-corrected chi connectivity index (χ0v) is 33.5. The van der Waals surface area contributed by atoms with Crippen LogP contribution in [0.1, 0.15) is 0 Å². The van der Waals surface area contributed by atoms with Gasteiger partial charge < -0.3 is 8.83 Å². The molecule has 0 amide bonds. The molecule has 0 spiro atoms. The lowest BCUT2D eigenvalue weighted by Gasteiger charge is -2.15. The molecule has 290 valence electrons. The fourth-order valence-corrected chi connectivity index (χ4v) is 8.86. The molecule has 62 heavy (non-hydrogen) atoms. The Hall–Kier alpha value is -8.34. The van der Waals surface area contributed by atoms with E-state index in [1.165, 1.54) is 0 Å². The molecule has 0 aliphatic carbocycles. The third-order valence-electron chi connectivity index (χ3n) is 11.9. The van der Waals surface area contributed by atoms with Crippen molar-refractivity contribution in [3.63, 3.8) is 0 Å². The summed E-state index contributed by atoms with van der Waals surface area (Å²) >= 11 is 0. The van der Waals surface area contributed by atoms with E-state index in [-0.39, 0.29) is 0 Å². The smallest absolute Gasteiger partial charge is 0.160 e. The van der Waals surface area contributed by atoms with Crippen molar-refractivity contribution in [1.82, 2.24) is 9.97 Å². The molecule has 12 aromatic rings. The van der Waals surface area contributed by atoms with Crippen molar-refractivity contribution in [2.75, 3.05) is 0 Å². The molecule has 4 heteroatoms. The van der Waals surface area contributed by atoms with E-state index < -0.39 is 0 Å². The first-order valence-corrected chi connectivity index (χ1v) is 20.9. The summed E-state index contributed by atoms with van der Waals surface area (Å²) in [6.07, 6.45) is 0. The number of para-hydroxylation sites is 4. The summed E-state index contributed by atoms with van der Waals surface area (Å²) in [7, 11) is 0. The van der Waals surface area contributed by atoms with Gasteiger partial charge in [0.05, 0.1) is 11.4 Å². The van der Waals surface area contributed by atoms with Gasteiger partial charge in [0.1, 0.15) is 22.3 Å². The molecule has 0 aliphatic rings. The van der Waals surface area contributed by atoms with Gasteiger partial charge in [0.15, 0.2) is 5.82 Å². The molecular formula is C58H36N2O2. The molecule has 3 heterocycles. The van der Waals surface area contributed by atoms with E-state index in [0.29, 0.717) is 5.82 Å². The van der Waals surface area contributed by atoms with E-state index in [1.54, 1.807) is 0 Å². The van der Waals surface area contributed by atoms with Crippen molar-refractivity contribution in [2.24, 2.45) is 0 Å². The summed E-state index contributed by atoms with van der Waals surface area (Å²) in [5, 5.41) is 4.39. The molecule has 0 unspecified atom stereocenters. The minimum Gasteiger partial charge on any atom is -0.455 e. The molecule has 0 fully saturated rings. The van der Waals surface area contributed by atoms with Crippen LogP contribution in [-0.2, 0) is 0 Å². The molecule has 0 N–H and O–H groups in total. The minimum absolute atomic E-state index is 0.648. The molecule has 0 saturated carbocycles. The Balaban J connectivity index is 1.10. The van der Waals surface area contributed by atoms with Crippen LogP contribution in [0.15, 0.2) is 227 Å². The fourth-order valence-electron chi connectivity index (χ4n) is 8.86. The third-order valence-corrected chi connectivity index (χ3v) is 11.9. The summed E-state index contributed by atoms with van der Waals surface area (Å²) in [6, 6.07) is 76.3. The quantitative estimate of drug-likeness (QED) is 0.161. The van der Waals surface area contributed by atoms with Gasteiger partial charge in [-0.15, -0.1) is 0 Å². The van der Waals surface area contributed by atoms with Crippen molar-refractivity contribution in [2.45, 2.75) is 0 Å². The molecule has 0 radical (unpaired) electrons. The predicted octanol–water partition coefficient (Wildman–Crippen LogP) is 15.9. The van der Waals surface area contributed by atoms with Crippen molar-refractivity contribution >= 4 is 43.9 Å². The average Bonchev–Trinajstić information content (AvgIpc) is 3.93. The lowest BCUT2D eigenvalue weighted by atomic mass is 9.92. The molecule has 0 bridgehead atoms. The molecule has 3 aromatic heterocycles. The normalized spacial score (nSPS) is 11.5. The Morgan fingerprint density at radius 2 is 0.629 bits per heavy atom. The largest absolute Gasteiger partial charge is 0.455 e. The Morgan fingerprint density at radius 1 is 0.258 bits per heavy atom. The van der Waals surface area contributed by atoms with Gasteiger partial charge in [-0.3, -0.25) is 0 Å². The molecule has 4 nitrogen and oxygen atoms in total.